The van der Waals surface area contributed by atoms with E-state index >= 15 is 0 Å². The van der Waals surface area contributed by atoms with Crippen molar-refractivity contribution < 1.29 is 4.79 Å². The van der Waals surface area contributed by atoms with Crippen LogP contribution in [0.3, 0.4) is 0 Å². The molecule has 1 unspecified atom stereocenters. The van der Waals surface area contributed by atoms with E-state index in [4.69, 9.17) is 0 Å². The summed E-state index contributed by atoms with van der Waals surface area (Å²) in [5, 5.41) is 3.40. The van der Waals surface area contributed by atoms with Crippen LogP contribution in [0.4, 0.5) is 0 Å². The zero-order valence-corrected chi connectivity index (χ0v) is 11.6. The van der Waals surface area contributed by atoms with E-state index in [1.54, 1.807) is 0 Å². The third-order valence-corrected chi connectivity index (χ3v) is 4.25. The fraction of sp³-hybridized carbons (Fsp3) is 0.800. The van der Waals surface area contributed by atoms with Crippen LogP contribution in [0.25, 0.3) is 0 Å². The number of hydrogen-bond donors (Lipinski definition) is 1. The van der Waals surface area contributed by atoms with Crippen LogP contribution in [-0.4, -0.2) is 37.0 Å². The average Bonchev–Trinajstić information content (AvgIpc) is 2.68. The molecule has 1 saturated heterocycles. The Morgan fingerprint density at radius 2 is 2.22 bits per heavy atom. The standard InChI is InChI=1S/C15H26N2O/c1-17(14-8-5-10-16-11-9-14)15(18)12-13-6-3-2-4-7-13/h6,14,16H,2-5,7-12H2,1H3. The van der Waals surface area contributed by atoms with E-state index in [9.17, 15) is 4.79 Å². The van der Waals surface area contributed by atoms with Crippen LogP contribution in [-0.2, 0) is 4.79 Å². The molecule has 0 bridgehead atoms. The van der Waals surface area contributed by atoms with Gasteiger partial charge in [-0.3, -0.25) is 4.79 Å². The lowest BCUT2D eigenvalue weighted by Gasteiger charge is -2.28. The molecular weight excluding hydrogens is 224 g/mol. The molecule has 0 aromatic rings. The van der Waals surface area contributed by atoms with Crippen LogP contribution in [0.5, 0.6) is 0 Å². The molecule has 2 aliphatic rings. The molecule has 0 saturated carbocycles. The minimum absolute atomic E-state index is 0.315. The summed E-state index contributed by atoms with van der Waals surface area (Å²) in [5.74, 6) is 0.315. The highest BCUT2D eigenvalue weighted by Gasteiger charge is 2.21. The Bertz CT molecular complexity index is 304. The summed E-state index contributed by atoms with van der Waals surface area (Å²) in [6, 6.07) is 0.441. The van der Waals surface area contributed by atoms with Gasteiger partial charge >= 0.3 is 0 Å². The molecule has 0 aromatic carbocycles. The van der Waals surface area contributed by atoms with Crippen molar-refractivity contribution in [1.82, 2.24) is 10.2 Å². The highest BCUT2D eigenvalue weighted by atomic mass is 16.2. The van der Waals surface area contributed by atoms with Gasteiger partial charge in [0.1, 0.15) is 0 Å². The average molecular weight is 250 g/mol. The maximum atomic E-state index is 12.3. The molecule has 2 rings (SSSR count). The maximum Gasteiger partial charge on any atom is 0.226 e. The van der Waals surface area contributed by atoms with Crippen molar-refractivity contribution in [2.45, 2.75) is 57.4 Å². The van der Waals surface area contributed by atoms with E-state index in [1.807, 2.05) is 11.9 Å². The van der Waals surface area contributed by atoms with E-state index in [-0.39, 0.29) is 0 Å². The number of hydrogen-bond acceptors (Lipinski definition) is 2. The smallest absolute Gasteiger partial charge is 0.226 e. The van der Waals surface area contributed by atoms with Gasteiger partial charge in [0.25, 0.3) is 0 Å². The van der Waals surface area contributed by atoms with Gasteiger partial charge in [-0.25, -0.2) is 0 Å². The topological polar surface area (TPSA) is 32.3 Å². The summed E-state index contributed by atoms with van der Waals surface area (Å²) in [6.45, 7) is 2.15. The number of nitrogens with one attached hydrogen (secondary N) is 1. The molecule has 0 aromatic heterocycles. The summed E-state index contributed by atoms with van der Waals surface area (Å²) in [5.41, 5.74) is 1.37. The van der Waals surface area contributed by atoms with Gasteiger partial charge in [0, 0.05) is 19.5 Å². The first-order valence-electron chi connectivity index (χ1n) is 7.41. The Balaban J connectivity index is 1.84. The molecule has 3 heteroatoms. The Hall–Kier alpha value is -0.830. The van der Waals surface area contributed by atoms with Crippen LogP contribution >= 0.6 is 0 Å². The molecule has 1 fully saturated rings. The van der Waals surface area contributed by atoms with Gasteiger partial charge in [-0.2, -0.15) is 0 Å². The summed E-state index contributed by atoms with van der Waals surface area (Å²) in [4.78, 5) is 14.3. The number of carbonyl (C=O) groups excluding carboxylic acids is 1. The van der Waals surface area contributed by atoms with Gasteiger partial charge < -0.3 is 10.2 Å². The highest BCUT2D eigenvalue weighted by Crippen LogP contribution is 2.22. The summed E-state index contributed by atoms with van der Waals surface area (Å²) < 4.78 is 0. The van der Waals surface area contributed by atoms with E-state index in [0.717, 1.165) is 32.4 Å². The molecule has 18 heavy (non-hydrogen) atoms. The SMILES string of the molecule is CN(C(=O)CC1=CCCCC1)C1CCCNCC1. The Labute approximate surface area is 111 Å². The maximum absolute atomic E-state index is 12.3. The lowest BCUT2D eigenvalue weighted by Crippen LogP contribution is -2.37. The number of allylic oxidation sites excluding steroid dienone is 1. The monoisotopic (exact) mass is 250 g/mol. The first-order valence-corrected chi connectivity index (χ1v) is 7.41. The fourth-order valence-corrected chi connectivity index (χ4v) is 2.98. The van der Waals surface area contributed by atoms with Crippen LogP contribution in [0.15, 0.2) is 11.6 Å². The second kappa shape index (κ2) is 6.93. The Morgan fingerprint density at radius 1 is 1.33 bits per heavy atom. The van der Waals surface area contributed by atoms with E-state index < -0.39 is 0 Å². The number of carbonyl (C=O) groups is 1. The molecule has 1 amide bonds. The Morgan fingerprint density at radius 3 is 3.00 bits per heavy atom. The van der Waals surface area contributed by atoms with Gasteiger partial charge in [-0.1, -0.05) is 11.6 Å². The Kier molecular flexibility index (Phi) is 5.24. The van der Waals surface area contributed by atoms with Crippen molar-refractivity contribution >= 4 is 5.91 Å². The van der Waals surface area contributed by atoms with Gasteiger partial charge in [0.15, 0.2) is 0 Å². The summed E-state index contributed by atoms with van der Waals surface area (Å²) in [7, 11) is 1.99. The first kappa shape index (κ1) is 13.6. The number of rotatable bonds is 3. The lowest BCUT2D eigenvalue weighted by molar-refractivity contribution is -0.131. The molecule has 3 nitrogen and oxygen atoms in total. The quantitative estimate of drug-likeness (QED) is 0.780. The fourth-order valence-electron chi connectivity index (χ4n) is 2.98. The van der Waals surface area contributed by atoms with Gasteiger partial charge in [-0.15, -0.1) is 0 Å². The van der Waals surface area contributed by atoms with Crippen molar-refractivity contribution in [3.8, 4) is 0 Å². The third-order valence-electron chi connectivity index (χ3n) is 4.25. The zero-order chi connectivity index (χ0) is 12.8. The number of nitrogens with zero attached hydrogens (tertiary/aromatic N) is 1. The van der Waals surface area contributed by atoms with Crippen molar-refractivity contribution in [3.05, 3.63) is 11.6 Å². The van der Waals surface area contributed by atoms with Crippen LogP contribution in [0.2, 0.25) is 0 Å². The summed E-state index contributed by atoms with van der Waals surface area (Å²) >= 11 is 0. The minimum Gasteiger partial charge on any atom is -0.342 e. The molecule has 0 spiro atoms. The van der Waals surface area contributed by atoms with E-state index in [0.29, 0.717) is 18.4 Å². The molecule has 1 aliphatic heterocycles. The normalized spacial score (nSPS) is 25.2. The predicted octanol–water partition coefficient (Wildman–Crippen LogP) is 2.48. The molecule has 1 atom stereocenters. The molecule has 1 heterocycles. The molecule has 102 valence electrons. The van der Waals surface area contributed by atoms with Crippen molar-refractivity contribution in [3.63, 3.8) is 0 Å². The third kappa shape index (κ3) is 3.84. The van der Waals surface area contributed by atoms with Crippen molar-refractivity contribution in [2.24, 2.45) is 0 Å². The lowest BCUT2D eigenvalue weighted by atomic mass is 9.96. The highest BCUT2D eigenvalue weighted by molar-refractivity contribution is 5.78. The van der Waals surface area contributed by atoms with E-state index in [2.05, 4.69) is 11.4 Å². The molecule has 1 aliphatic carbocycles. The first-order chi connectivity index (χ1) is 8.77. The van der Waals surface area contributed by atoms with Gasteiger partial charge in [-0.05, 0) is 58.0 Å². The predicted molar refractivity (Wildman–Crippen MR) is 74.4 cm³/mol. The largest absolute Gasteiger partial charge is 0.342 e. The summed E-state index contributed by atoms with van der Waals surface area (Å²) in [6.07, 6.45) is 11.2. The zero-order valence-electron chi connectivity index (χ0n) is 11.6. The molecule has 1 N–H and O–H groups in total. The van der Waals surface area contributed by atoms with Gasteiger partial charge in [0.2, 0.25) is 5.91 Å². The van der Waals surface area contributed by atoms with Crippen LogP contribution in [0, 0.1) is 0 Å². The van der Waals surface area contributed by atoms with Gasteiger partial charge in [0.05, 0.1) is 0 Å². The van der Waals surface area contributed by atoms with Crippen LogP contribution in [0.1, 0.15) is 51.4 Å². The molecule has 0 radical (unpaired) electrons. The second-order valence-corrected chi connectivity index (χ2v) is 5.62. The number of amides is 1. The van der Waals surface area contributed by atoms with E-state index in [1.165, 1.54) is 31.3 Å². The second-order valence-electron chi connectivity index (χ2n) is 5.62. The minimum atomic E-state index is 0.315. The molecular formula is C15H26N2O. The van der Waals surface area contributed by atoms with Crippen molar-refractivity contribution in [2.75, 3.05) is 20.1 Å². The van der Waals surface area contributed by atoms with Crippen molar-refractivity contribution in [1.29, 1.82) is 0 Å². The van der Waals surface area contributed by atoms with Crippen LogP contribution < -0.4 is 5.32 Å².